The molecule has 0 bridgehead atoms. The van der Waals surface area contributed by atoms with Crippen LogP contribution in [-0.4, -0.2) is 16.7 Å². The van der Waals surface area contributed by atoms with Crippen LogP contribution in [0.4, 0.5) is 0 Å². The summed E-state index contributed by atoms with van der Waals surface area (Å²) in [4.78, 5) is 0. The summed E-state index contributed by atoms with van der Waals surface area (Å²) >= 11 is 0. The van der Waals surface area contributed by atoms with E-state index >= 15 is 0 Å². The van der Waals surface area contributed by atoms with Crippen molar-refractivity contribution in [2.45, 2.75) is 76.8 Å². The molecule has 2 rings (SSSR count). The number of hydrogen-bond acceptors (Lipinski definition) is 1. The van der Waals surface area contributed by atoms with Gasteiger partial charge >= 0.3 is 0 Å². The maximum Gasteiger partial charge on any atom is 0.0172 e. The van der Waals surface area contributed by atoms with Crippen LogP contribution in [-0.2, 0) is 13.5 Å². The van der Waals surface area contributed by atoms with Gasteiger partial charge in [-0.3, -0.25) is 0 Å². The van der Waals surface area contributed by atoms with Crippen LogP contribution in [0.5, 0.6) is 0 Å². The molecule has 108 valence electrons. The molecule has 1 aromatic rings. The van der Waals surface area contributed by atoms with Crippen LogP contribution in [0.25, 0.3) is 0 Å². The summed E-state index contributed by atoms with van der Waals surface area (Å²) in [6.45, 7) is 2.35. The molecule has 1 heterocycles. The molecule has 2 nitrogen and oxygen atoms in total. The zero-order valence-corrected chi connectivity index (χ0v) is 12.7. The predicted molar refractivity (Wildman–Crippen MR) is 82.4 cm³/mol. The van der Waals surface area contributed by atoms with Crippen molar-refractivity contribution in [2.24, 2.45) is 7.05 Å². The number of hydrogen-bond donors (Lipinski definition) is 1. The van der Waals surface area contributed by atoms with Gasteiger partial charge in [-0.25, -0.2) is 0 Å². The molecule has 0 spiro atoms. The fourth-order valence-electron chi connectivity index (χ4n) is 3.23. The molecule has 0 saturated heterocycles. The van der Waals surface area contributed by atoms with Crippen molar-refractivity contribution in [3.8, 4) is 0 Å². The highest BCUT2D eigenvalue weighted by Gasteiger charge is 2.13. The standard InChI is InChI=1S/C17H30N2/c1-15(12-13-17-11-8-14-19(17)2)18-16-9-6-4-3-5-7-10-16/h8,11,14-16,18H,3-7,9-10,12-13H2,1-2H3/t15-/m0/s1. The van der Waals surface area contributed by atoms with E-state index < -0.39 is 0 Å². The Morgan fingerprint density at radius 1 is 1.21 bits per heavy atom. The van der Waals surface area contributed by atoms with E-state index in [9.17, 15) is 0 Å². The van der Waals surface area contributed by atoms with E-state index in [1.807, 2.05) is 0 Å². The number of aryl methyl sites for hydroxylation is 2. The normalized spacial score (nSPS) is 19.9. The van der Waals surface area contributed by atoms with Gasteiger partial charge in [0.05, 0.1) is 0 Å². The van der Waals surface area contributed by atoms with Gasteiger partial charge in [0.25, 0.3) is 0 Å². The second-order valence-electron chi connectivity index (χ2n) is 6.26. The Morgan fingerprint density at radius 3 is 2.53 bits per heavy atom. The van der Waals surface area contributed by atoms with Crippen molar-refractivity contribution in [3.63, 3.8) is 0 Å². The molecule has 0 aromatic carbocycles. The molecule has 0 amide bonds. The van der Waals surface area contributed by atoms with Crippen molar-refractivity contribution in [3.05, 3.63) is 24.0 Å². The van der Waals surface area contributed by atoms with Crippen LogP contribution in [0.15, 0.2) is 18.3 Å². The SMILES string of the molecule is C[C@@H](CCc1cccn1C)NC1CCCCCCC1. The zero-order valence-electron chi connectivity index (χ0n) is 12.7. The molecule has 0 unspecified atom stereocenters. The summed E-state index contributed by atoms with van der Waals surface area (Å²) < 4.78 is 2.24. The van der Waals surface area contributed by atoms with E-state index in [2.05, 4.69) is 42.2 Å². The van der Waals surface area contributed by atoms with E-state index in [-0.39, 0.29) is 0 Å². The molecule has 19 heavy (non-hydrogen) atoms. The van der Waals surface area contributed by atoms with Crippen LogP contribution in [0.2, 0.25) is 0 Å². The molecule has 1 aromatic heterocycles. The molecular formula is C17H30N2. The average Bonchev–Trinajstić information content (AvgIpc) is 2.76. The first-order valence-corrected chi connectivity index (χ1v) is 8.12. The molecule has 1 aliphatic rings. The fourth-order valence-corrected chi connectivity index (χ4v) is 3.23. The second-order valence-corrected chi connectivity index (χ2v) is 6.26. The van der Waals surface area contributed by atoms with E-state index in [1.165, 1.54) is 63.5 Å². The van der Waals surface area contributed by atoms with Crippen LogP contribution < -0.4 is 5.32 Å². The minimum Gasteiger partial charge on any atom is -0.354 e. The smallest absolute Gasteiger partial charge is 0.0172 e. The first kappa shape index (κ1) is 14.6. The fraction of sp³-hybridized carbons (Fsp3) is 0.765. The van der Waals surface area contributed by atoms with Gasteiger partial charge in [-0.2, -0.15) is 0 Å². The van der Waals surface area contributed by atoms with Gasteiger partial charge in [0.15, 0.2) is 0 Å². The van der Waals surface area contributed by atoms with Crippen molar-refractivity contribution in [2.75, 3.05) is 0 Å². The molecule has 2 heteroatoms. The number of aromatic nitrogens is 1. The van der Waals surface area contributed by atoms with E-state index in [4.69, 9.17) is 0 Å². The van der Waals surface area contributed by atoms with Crippen LogP contribution in [0, 0.1) is 0 Å². The Bertz CT molecular complexity index is 348. The van der Waals surface area contributed by atoms with E-state index in [0.29, 0.717) is 6.04 Å². The summed E-state index contributed by atoms with van der Waals surface area (Å²) in [5.41, 5.74) is 1.45. The minimum absolute atomic E-state index is 0.638. The Kier molecular flexibility index (Phi) is 5.96. The summed E-state index contributed by atoms with van der Waals surface area (Å²) in [6.07, 6.45) is 14.5. The molecular weight excluding hydrogens is 232 g/mol. The maximum absolute atomic E-state index is 3.86. The molecule has 1 aliphatic carbocycles. The van der Waals surface area contributed by atoms with Crippen LogP contribution >= 0.6 is 0 Å². The number of nitrogens with zero attached hydrogens (tertiary/aromatic N) is 1. The highest BCUT2D eigenvalue weighted by atomic mass is 14.9. The highest BCUT2D eigenvalue weighted by molar-refractivity contribution is 5.06. The van der Waals surface area contributed by atoms with E-state index in [1.54, 1.807) is 0 Å². The Balaban J connectivity index is 1.70. The number of rotatable bonds is 5. The Labute approximate surface area is 118 Å². The van der Waals surface area contributed by atoms with Gasteiger partial charge in [-0.1, -0.05) is 32.1 Å². The van der Waals surface area contributed by atoms with E-state index in [0.717, 1.165) is 6.04 Å². The van der Waals surface area contributed by atoms with Crippen molar-refractivity contribution in [1.82, 2.24) is 9.88 Å². The third-order valence-corrected chi connectivity index (χ3v) is 4.51. The zero-order chi connectivity index (χ0) is 13.5. The summed E-state index contributed by atoms with van der Waals surface area (Å²) in [5.74, 6) is 0. The first-order valence-electron chi connectivity index (χ1n) is 8.12. The summed E-state index contributed by atoms with van der Waals surface area (Å²) in [5, 5.41) is 3.86. The molecule has 0 radical (unpaired) electrons. The quantitative estimate of drug-likeness (QED) is 0.847. The predicted octanol–water partition coefficient (Wildman–Crippen LogP) is 4.05. The third-order valence-electron chi connectivity index (χ3n) is 4.51. The van der Waals surface area contributed by atoms with Gasteiger partial charge in [0, 0.05) is 31.0 Å². The van der Waals surface area contributed by atoms with Gasteiger partial charge in [-0.05, 0) is 44.7 Å². The largest absolute Gasteiger partial charge is 0.354 e. The third kappa shape index (κ3) is 5.02. The van der Waals surface area contributed by atoms with Crippen molar-refractivity contribution in [1.29, 1.82) is 0 Å². The lowest BCUT2D eigenvalue weighted by molar-refractivity contribution is 0.351. The Morgan fingerprint density at radius 2 is 1.89 bits per heavy atom. The van der Waals surface area contributed by atoms with Crippen LogP contribution in [0.1, 0.15) is 64.0 Å². The lowest BCUT2D eigenvalue weighted by atomic mass is 9.96. The molecule has 1 N–H and O–H groups in total. The average molecular weight is 262 g/mol. The minimum atomic E-state index is 0.638. The second kappa shape index (κ2) is 7.74. The highest BCUT2D eigenvalue weighted by Crippen LogP contribution is 2.18. The lowest BCUT2D eigenvalue weighted by Crippen LogP contribution is -2.37. The van der Waals surface area contributed by atoms with Gasteiger partial charge in [-0.15, -0.1) is 0 Å². The van der Waals surface area contributed by atoms with Crippen molar-refractivity contribution >= 4 is 0 Å². The molecule has 1 atom stereocenters. The van der Waals surface area contributed by atoms with Crippen LogP contribution in [0.3, 0.4) is 0 Å². The monoisotopic (exact) mass is 262 g/mol. The molecule has 1 fully saturated rings. The van der Waals surface area contributed by atoms with Gasteiger partial charge < -0.3 is 9.88 Å². The molecule has 1 saturated carbocycles. The van der Waals surface area contributed by atoms with Gasteiger partial charge in [0.1, 0.15) is 0 Å². The first-order chi connectivity index (χ1) is 9.25. The maximum atomic E-state index is 3.86. The number of nitrogens with one attached hydrogen (secondary N) is 1. The van der Waals surface area contributed by atoms with Gasteiger partial charge in [0.2, 0.25) is 0 Å². The van der Waals surface area contributed by atoms with Crippen molar-refractivity contribution < 1.29 is 0 Å². The summed E-state index contributed by atoms with van der Waals surface area (Å²) in [6, 6.07) is 5.79. The lowest BCUT2D eigenvalue weighted by Gasteiger charge is -2.25. The molecule has 0 aliphatic heterocycles. The Hall–Kier alpha value is -0.760. The summed E-state index contributed by atoms with van der Waals surface area (Å²) in [7, 11) is 2.14. The topological polar surface area (TPSA) is 17.0 Å².